The number of aromatic nitrogens is 1. The molecule has 3 nitrogen and oxygen atoms in total. The van der Waals surface area contributed by atoms with E-state index in [2.05, 4.69) is 45.2 Å². The van der Waals surface area contributed by atoms with Crippen LogP contribution in [0, 0.1) is 0 Å². The Morgan fingerprint density at radius 2 is 1.64 bits per heavy atom. The lowest BCUT2D eigenvalue weighted by atomic mass is 10.0. The minimum Gasteiger partial charge on any atom is -0.439 e. The topological polar surface area (TPSA) is 43.1 Å². The molecule has 0 aliphatic heterocycles. The van der Waals surface area contributed by atoms with E-state index < -0.39 is 0 Å². The Hall–Kier alpha value is -1.42. The molecule has 1 aromatic carbocycles. The first-order chi connectivity index (χ1) is 12.3. The zero-order valence-corrected chi connectivity index (χ0v) is 16.5. The molecule has 0 amide bonds. The smallest absolute Gasteiger partial charge is 0.263 e. The van der Waals surface area contributed by atoms with Crippen LogP contribution >= 0.6 is 15.9 Å². The largest absolute Gasteiger partial charge is 0.439 e. The molecule has 0 aliphatic rings. The Morgan fingerprint density at radius 1 is 0.920 bits per heavy atom. The van der Waals surface area contributed by atoms with E-state index in [1.807, 2.05) is 6.07 Å². The highest BCUT2D eigenvalue weighted by atomic mass is 79.9. The molecule has 136 valence electrons. The fourth-order valence-corrected chi connectivity index (χ4v) is 3.24. The van der Waals surface area contributed by atoms with Crippen LogP contribution in [-0.4, -0.2) is 16.1 Å². The standard InChI is InChI=1S/C21H28BrNO2/c22-16-10-4-8-14-19-17-23-21(25-19)20(24)15-9-2-1-5-11-18-12-6-3-7-13-18/h3,6-7,12-13,17H,1-2,4-5,8-11,14-16H2. The number of halogens is 1. The number of nitrogens with zero attached hydrogens (tertiary/aromatic N) is 1. The minimum absolute atomic E-state index is 0.0368. The van der Waals surface area contributed by atoms with Crippen molar-refractivity contribution in [3.8, 4) is 0 Å². The van der Waals surface area contributed by atoms with Gasteiger partial charge in [-0.3, -0.25) is 4.79 Å². The Bertz CT molecular complexity index is 609. The molecule has 2 aromatic rings. The maximum Gasteiger partial charge on any atom is 0.263 e. The van der Waals surface area contributed by atoms with Crippen molar-refractivity contribution in [2.24, 2.45) is 0 Å². The summed E-state index contributed by atoms with van der Waals surface area (Å²) in [5, 5.41) is 1.04. The molecule has 0 atom stereocenters. The summed E-state index contributed by atoms with van der Waals surface area (Å²) >= 11 is 3.43. The van der Waals surface area contributed by atoms with E-state index in [4.69, 9.17) is 4.42 Å². The number of Topliss-reactive ketones (excluding diaryl/α,β-unsaturated/α-hetero) is 1. The Balaban J connectivity index is 1.56. The van der Waals surface area contributed by atoms with Crippen LogP contribution in [-0.2, 0) is 12.8 Å². The van der Waals surface area contributed by atoms with Crippen LogP contribution in [0.15, 0.2) is 40.9 Å². The normalized spacial score (nSPS) is 10.9. The maximum absolute atomic E-state index is 12.1. The van der Waals surface area contributed by atoms with Crippen molar-refractivity contribution in [3.05, 3.63) is 53.7 Å². The van der Waals surface area contributed by atoms with E-state index in [0.717, 1.165) is 56.0 Å². The van der Waals surface area contributed by atoms with Crippen molar-refractivity contribution < 1.29 is 9.21 Å². The second-order valence-electron chi connectivity index (χ2n) is 6.45. The van der Waals surface area contributed by atoms with Crippen LogP contribution in [0.2, 0.25) is 0 Å². The SMILES string of the molecule is O=C(CCCCCCc1ccccc1)c1ncc(CCCCCBr)o1. The van der Waals surface area contributed by atoms with E-state index in [9.17, 15) is 4.79 Å². The number of alkyl halides is 1. The lowest BCUT2D eigenvalue weighted by Crippen LogP contribution is -1.99. The lowest BCUT2D eigenvalue weighted by molar-refractivity contribution is 0.0943. The molecule has 0 spiro atoms. The summed E-state index contributed by atoms with van der Waals surface area (Å²) in [6, 6.07) is 10.6. The molecule has 0 fully saturated rings. The third kappa shape index (κ3) is 8.00. The van der Waals surface area contributed by atoms with Crippen LogP contribution in [0.4, 0.5) is 0 Å². The van der Waals surface area contributed by atoms with Crippen molar-refractivity contribution in [2.45, 2.75) is 64.2 Å². The van der Waals surface area contributed by atoms with Gasteiger partial charge in [0.25, 0.3) is 5.89 Å². The Morgan fingerprint density at radius 3 is 2.44 bits per heavy atom. The summed E-state index contributed by atoms with van der Waals surface area (Å²) in [6.07, 6.45) is 12.0. The fraction of sp³-hybridized carbons (Fsp3) is 0.524. The molecule has 0 saturated carbocycles. The zero-order chi connectivity index (χ0) is 17.7. The quantitative estimate of drug-likeness (QED) is 0.227. The van der Waals surface area contributed by atoms with E-state index >= 15 is 0 Å². The molecule has 25 heavy (non-hydrogen) atoms. The number of hydrogen-bond donors (Lipinski definition) is 0. The second-order valence-corrected chi connectivity index (χ2v) is 7.25. The molecule has 1 heterocycles. The summed E-state index contributed by atoms with van der Waals surface area (Å²) in [5.41, 5.74) is 1.39. The number of benzene rings is 1. The first-order valence-corrected chi connectivity index (χ1v) is 10.5. The Kier molecular flexibility index (Phi) is 9.57. The maximum atomic E-state index is 12.1. The van der Waals surface area contributed by atoms with Gasteiger partial charge in [0.2, 0.25) is 5.78 Å². The highest BCUT2D eigenvalue weighted by Gasteiger charge is 2.12. The highest BCUT2D eigenvalue weighted by molar-refractivity contribution is 9.09. The molecule has 0 unspecified atom stereocenters. The number of carbonyl (C=O) groups is 1. The third-order valence-corrected chi connectivity index (χ3v) is 4.87. The van der Waals surface area contributed by atoms with Crippen LogP contribution in [0.25, 0.3) is 0 Å². The van der Waals surface area contributed by atoms with Gasteiger partial charge < -0.3 is 4.42 Å². The summed E-state index contributed by atoms with van der Waals surface area (Å²) in [5.74, 6) is 1.16. The first kappa shape index (κ1) is 19.9. The predicted octanol–water partition coefficient (Wildman–Crippen LogP) is 6.16. The van der Waals surface area contributed by atoms with Gasteiger partial charge in [0.1, 0.15) is 5.76 Å². The highest BCUT2D eigenvalue weighted by Crippen LogP contribution is 2.14. The van der Waals surface area contributed by atoms with Crippen molar-refractivity contribution >= 4 is 21.7 Å². The third-order valence-electron chi connectivity index (χ3n) is 4.31. The van der Waals surface area contributed by atoms with Gasteiger partial charge in [-0.2, -0.15) is 0 Å². The summed E-state index contributed by atoms with van der Waals surface area (Å²) in [4.78, 5) is 16.3. The van der Waals surface area contributed by atoms with Gasteiger partial charge in [0.15, 0.2) is 0 Å². The van der Waals surface area contributed by atoms with Gasteiger partial charge in [-0.05, 0) is 37.7 Å². The van der Waals surface area contributed by atoms with Crippen molar-refractivity contribution in [3.63, 3.8) is 0 Å². The van der Waals surface area contributed by atoms with Crippen LogP contribution in [0.5, 0.6) is 0 Å². The van der Waals surface area contributed by atoms with Crippen LogP contribution < -0.4 is 0 Å². The molecule has 0 radical (unpaired) electrons. The molecule has 2 rings (SSSR count). The summed E-state index contributed by atoms with van der Waals surface area (Å²) in [6.45, 7) is 0. The predicted molar refractivity (Wildman–Crippen MR) is 105 cm³/mol. The number of oxazole rings is 1. The minimum atomic E-state index is 0.0368. The average Bonchev–Trinajstić information content (AvgIpc) is 3.11. The molecule has 1 aromatic heterocycles. The Labute approximate surface area is 159 Å². The van der Waals surface area contributed by atoms with Gasteiger partial charge >= 0.3 is 0 Å². The van der Waals surface area contributed by atoms with Gasteiger partial charge in [-0.25, -0.2) is 4.98 Å². The lowest BCUT2D eigenvalue weighted by Gasteiger charge is -2.01. The second kappa shape index (κ2) is 12.0. The molecule has 0 N–H and O–H groups in total. The number of unbranched alkanes of at least 4 members (excludes halogenated alkanes) is 5. The molecular formula is C21H28BrNO2. The molecule has 4 heteroatoms. The van der Waals surface area contributed by atoms with E-state index in [-0.39, 0.29) is 5.78 Å². The number of rotatable bonds is 13. The molecule has 0 bridgehead atoms. The van der Waals surface area contributed by atoms with Gasteiger partial charge in [-0.15, -0.1) is 0 Å². The molecular weight excluding hydrogens is 378 g/mol. The molecule has 0 saturated heterocycles. The fourth-order valence-electron chi connectivity index (χ4n) is 2.84. The summed E-state index contributed by atoms with van der Waals surface area (Å²) < 4.78 is 5.59. The number of hydrogen-bond acceptors (Lipinski definition) is 3. The van der Waals surface area contributed by atoms with Crippen molar-refractivity contribution in [1.29, 1.82) is 0 Å². The van der Waals surface area contributed by atoms with E-state index in [0.29, 0.717) is 12.3 Å². The van der Waals surface area contributed by atoms with Crippen molar-refractivity contribution in [1.82, 2.24) is 4.98 Å². The van der Waals surface area contributed by atoms with Gasteiger partial charge in [0, 0.05) is 18.2 Å². The first-order valence-electron chi connectivity index (χ1n) is 9.37. The monoisotopic (exact) mass is 405 g/mol. The van der Waals surface area contributed by atoms with Crippen LogP contribution in [0.1, 0.15) is 73.4 Å². The summed E-state index contributed by atoms with van der Waals surface area (Å²) in [7, 11) is 0. The average molecular weight is 406 g/mol. The zero-order valence-electron chi connectivity index (χ0n) is 14.9. The molecule has 0 aliphatic carbocycles. The van der Waals surface area contributed by atoms with E-state index in [1.165, 1.54) is 18.4 Å². The number of ketones is 1. The number of aryl methyl sites for hydroxylation is 2. The van der Waals surface area contributed by atoms with Crippen LogP contribution in [0.3, 0.4) is 0 Å². The van der Waals surface area contributed by atoms with Gasteiger partial charge in [-0.1, -0.05) is 65.5 Å². The van der Waals surface area contributed by atoms with E-state index in [1.54, 1.807) is 6.20 Å². The van der Waals surface area contributed by atoms with Crippen molar-refractivity contribution in [2.75, 3.05) is 5.33 Å². The number of carbonyl (C=O) groups excluding carboxylic acids is 1. The van der Waals surface area contributed by atoms with Gasteiger partial charge in [0.05, 0.1) is 6.20 Å².